The van der Waals surface area contributed by atoms with Crippen molar-refractivity contribution in [2.24, 2.45) is 11.8 Å². The fourth-order valence-corrected chi connectivity index (χ4v) is 7.66. The van der Waals surface area contributed by atoms with Gasteiger partial charge in [-0.1, -0.05) is 0 Å². The lowest BCUT2D eigenvalue weighted by molar-refractivity contribution is -0.376. The van der Waals surface area contributed by atoms with Crippen LogP contribution in [0.5, 0.6) is 0 Å². The average Bonchev–Trinajstić information content (AvgIpc) is 3.04. The highest BCUT2D eigenvalue weighted by molar-refractivity contribution is 5.90. The van der Waals surface area contributed by atoms with Crippen molar-refractivity contribution >= 4 is 17.9 Å². The van der Waals surface area contributed by atoms with Crippen molar-refractivity contribution in [3.05, 3.63) is 0 Å². The number of carbonyl (C=O) groups is 3. The summed E-state index contributed by atoms with van der Waals surface area (Å²) in [6, 6.07) is 0. The molecular formula is C30H46O20. The predicted molar refractivity (Wildman–Crippen MR) is 155 cm³/mol. The zero-order chi connectivity index (χ0) is 36.6. The Labute approximate surface area is 284 Å². The van der Waals surface area contributed by atoms with Gasteiger partial charge in [-0.2, -0.15) is 0 Å². The molecule has 19 atom stereocenters. The van der Waals surface area contributed by atoms with E-state index < -0.39 is 147 Å². The maximum Gasteiger partial charge on any atom is 0.335 e. The highest BCUT2D eigenvalue weighted by atomic mass is 16.8. The summed E-state index contributed by atoms with van der Waals surface area (Å²) in [6.45, 7) is -0.915. The van der Waals surface area contributed by atoms with Gasteiger partial charge in [0.15, 0.2) is 24.8 Å². The Morgan fingerprint density at radius 1 is 0.680 bits per heavy atom. The van der Waals surface area contributed by atoms with Gasteiger partial charge >= 0.3 is 17.9 Å². The molecule has 11 N–H and O–H groups in total. The van der Waals surface area contributed by atoms with Crippen LogP contribution in [0.4, 0.5) is 0 Å². The first-order valence-electron chi connectivity index (χ1n) is 16.6. The summed E-state index contributed by atoms with van der Waals surface area (Å²) in [5.74, 6) is -5.64. The molecule has 3 aliphatic heterocycles. The van der Waals surface area contributed by atoms with Crippen LogP contribution in [0.25, 0.3) is 0 Å². The monoisotopic (exact) mass is 726 g/mol. The van der Waals surface area contributed by atoms with Gasteiger partial charge in [-0.3, -0.25) is 9.59 Å². The molecule has 286 valence electrons. The molecule has 0 aromatic rings. The summed E-state index contributed by atoms with van der Waals surface area (Å²) in [7, 11) is 0. The van der Waals surface area contributed by atoms with Crippen LogP contribution in [-0.4, -0.2) is 185 Å². The number of ether oxygens (including phenoxy) is 6. The number of hydrogen-bond donors (Lipinski definition) is 11. The van der Waals surface area contributed by atoms with E-state index >= 15 is 0 Å². The van der Waals surface area contributed by atoms with Gasteiger partial charge in [-0.25, -0.2) is 4.79 Å². The van der Waals surface area contributed by atoms with E-state index in [1.54, 1.807) is 0 Å². The van der Waals surface area contributed by atoms with Gasteiger partial charge in [-0.05, 0) is 44.4 Å². The van der Waals surface area contributed by atoms with Crippen molar-refractivity contribution in [2.75, 3.05) is 6.61 Å². The standard InChI is InChI=1S/C30H46O20/c31-8-17-25(48-19(38)7-18(36)37)23(42)27(50-29-22(41)20(39)21(40)26(49-29)28(43)44)30(47-17)46-16-6-11-13(34)4-10(32)5-15(11)45-24(16)9-1-2-12(33)14(35)3-9/h9-17,20-27,29-35,39-42H,1-8H2,(H,36,37)(H,43,44). The lowest BCUT2D eigenvalue weighted by atomic mass is 9.72. The number of aliphatic hydroxyl groups excluding tert-OH is 9. The number of rotatable bonds is 10. The molecule has 0 aromatic heterocycles. The number of esters is 1. The van der Waals surface area contributed by atoms with E-state index in [2.05, 4.69) is 0 Å². The van der Waals surface area contributed by atoms with Gasteiger partial charge in [0.05, 0.1) is 49.3 Å². The van der Waals surface area contributed by atoms with E-state index in [0.29, 0.717) is 6.42 Å². The van der Waals surface area contributed by atoms with E-state index in [0.717, 1.165) is 0 Å². The molecule has 2 saturated carbocycles. The lowest BCUT2D eigenvalue weighted by Gasteiger charge is -2.52. The molecule has 0 amide bonds. The Balaban J connectivity index is 1.46. The summed E-state index contributed by atoms with van der Waals surface area (Å²) in [5, 5.41) is 113. The topological polar surface area (TPSA) is 329 Å². The summed E-state index contributed by atoms with van der Waals surface area (Å²) in [4.78, 5) is 35.2. The third kappa shape index (κ3) is 8.39. The molecule has 2 aliphatic carbocycles. The zero-order valence-corrected chi connectivity index (χ0v) is 26.7. The second kappa shape index (κ2) is 16.3. The van der Waals surface area contributed by atoms with Crippen LogP contribution in [0.3, 0.4) is 0 Å². The maximum atomic E-state index is 12.3. The largest absolute Gasteiger partial charge is 0.481 e. The van der Waals surface area contributed by atoms with Crippen molar-refractivity contribution in [2.45, 2.75) is 149 Å². The lowest BCUT2D eigenvalue weighted by Crippen LogP contribution is -2.66. The number of fused-ring (bicyclic) bond motifs is 1. The molecule has 0 bridgehead atoms. The highest BCUT2D eigenvalue weighted by Crippen LogP contribution is 2.44. The highest BCUT2D eigenvalue weighted by Gasteiger charge is 2.56. The van der Waals surface area contributed by atoms with E-state index in [1.807, 2.05) is 0 Å². The van der Waals surface area contributed by atoms with Crippen molar-refractivity contribution in [1.29, 1.82) is 0 Å². The normalized spacial score (nSPS) is 48.3. The molecule has 0 aromatic carbocycles. The Morgan fingerprint density at radius 2 is 1.40 bits per heavy atom. The molecule has 0 spiro atoms. The number of carboxylic acids is 2. The fraction of sp³-hybridized carbons (Fsp3) is 0.900. The molecule has 0 radical (unpaired) electrons. The van der Waals surface area contributed by atoms with Crippen molar-refractivity contribution in [1.82, 2.24) is 0 Å². The Kier molecular flexibility index (Phi) is 12.7. The van der Waals surface area contributed by atoms with Crippen molar-refractivity contribution in [3.63, 3.8) is 0 Å². The summed E-state index contributed by atoms with van der Waals surface area (Å²) >= 11 is 0. The van der Waals surface area contributed by atoms with Gasteiger partial charge in [0.2, 0.25) is 0 Å². The minimum absolute atomic E-state index is 0.0480. The van der Waals surface area contributed by atoms with E-state index in [9.17, 15) is 65.4 Å². The van der Waals surface area contributed by atoms with Gasteiger partial charge in [0, 0.05) is 5.92 Å². The van der Waals surface area contributed by atoms with Crippen LogP contribution >= 0.6 is 0 Å². The third-order valence-corrected chi connectivity index (χ3v) is 10.3. The van der Waals surface area contributed by atoms with Crippen LogP contribution in [0.1, 0.15) is 44.9 Å². The maximum absolute atomic E-state index is 12.3. The zero-order valence-electron chi connectivity index (χ0n) is 26.7. The second-order valence-electron chi connectivity index (χ2n) is 13.7. The molecule has 5 aliphatic rings. The fourth-order valence-electron chi connectivity index (χ4n) is 7.66. The first-order valence-corrected chi connectivity index (χ1v) is 16.6. The number of carboxylic acid groups (broad SMARTS) is 2. The molecule has 50 heavy (non-hydrogen) atoms. The third-order valence-electron chi connectivity index (χ3n) is 10.3. The van der Waals surface area contributed by atoms with Crippen LogP contribution < -0.4 is 0 Å². The molecule has 5 rings (SSSR count). The first-order chi connectivity index (χ1) is 23.6. The Hall–Kier alpha value is -2.15. The quantitative estimate of drug-likeness (QED) is 0.0741. The number of carbonyl (C=O) groups excluding carboxylic acids is 1. The SMILES string of the molecule is O=C(O)CC(=O)OC1C(CO)OC(OC2CC3C(O)CC(O)CC3OC2C2CCC(O)C(O)C2)C(OC2OC(C(=O)O)C(O)C(O)C2O)C1O. The Bertz CT molecular complexity index is 1190. The summed E-state index contributed by atoms with van der Waals surface area (Å²) in [6.07, 6.45) is -26.2. The summed E-state index contributed by atoms with van der Waals surface area (Å²) in [5.41, 5.74) is 0. The van der Waals surface area contributed by atoms with E-state index in [4.69, 9.17) is 33.5 Å². The number of aliphatic carboxylic acids is 2. The van der Waals surface area contributed by atoms with Gasteiger partial charge < -0.3 is 84.6 Å². The van der Waals surface area contributed by atoms with Crippen molar-refractivity contribution in [3.8, 4) is 0 Å². The van der Waals surface area contributed by atoms with Gasteiger partial charge in [-0.15, -0.1) is 0 Å². The first kappa shape index (κ1) is 39.1. The van der Waals surface area contributed by atoms with Gasteiger partial charge in [0.1, 0.15) is 43.0 Å². The smallest absolute Gasteiger partial charge is 0.335 e. The summed E-state index contributed by atoms with van der Waals surface area (Å²) < 4.78 is 34.8. The molecule has 19 unspecified atom stereocenters. The molecule has 5 fully saturated rings. The molecule has 20 nitrogen and oxygen atoms in total. The Morgan fingerprint density at radius 3 is 2.04 bits per heavy atom. The van der Waals surface area contributed by atoms with Crippen LogP contribution in [-0.2, 0) is 42.8 Å². The van der Waals surface area contributed by atoms with Crippen LogP contribution in [0, 0.1) is 11.8 Å². The molecule has 3 heterocycles. The molecule has 20 heteroatoms. The minimum atomic E-state index is -2.12. The van der Waals surface area contributed by atoms with Crippen LogP contribution in [0.2, 0.25) is 0 Å². The van der Waals surface area contributed by atoms with Gasteiger partial charge in [0.25, 0.3) is 0 Å². The molecule has 3 saturated heterocycles. The molecular weight excluding hydrogens is 680 g/mol. The number of hydrogen-bond acceptors (Lipinski definition) is 18. The number of aliphatic hydroxyl groups is 9. The van der Waals surface area contributed by atoms with Crippen LogP contribution in [0.15, 0.2) is 0 Å². The van der Waals surface area contributed by atoms with E-state index in [-0.39, 0.29) is 32.1 Å². The average molecular weight is 727 g/mol. The minimum Gasteiger partial charge on any atom is -0.481 e. The second-order valence-corrected chi connectivity index (χ2v) is 13.7. The van der Waals surface area contributed by atoms with Crippen molar-refractivity contribution < 1.29 is 99.0 Å². The van der Waals surface area contributed by atoms with E-state index in [1.165, 1.54) is 0 Å². The predicted octanol–water partition coefficient (Wildman–Crippen LogP) is -5.08.